The molecule has 7 nitrogen and oxygen atoms in total. The summed E-state index contributed by atoms with van der Waals surface area (Å²) in [4.78, 5) is 16.9. The van der Waals surface area contributed by atoms with Gasteiger partial charge in [0.05, 0.1) is 22.9 Å². The Hall–Kier alpha value is -1.58. The Morgan fingerprint density at radius 3 is 2.76 bits per heavy atom. The van der Waals surface area contributed by atoms with E-state index in [-0.39, 0.29) is 24.4 Å². The molecule has 9 heteroatoms. The minimum Gasteiger partial charge on any atom is -0.461 e. The third-order valence-corrected chi connectivity index (χ3v) is 6.99. The lowest BCUT2D eigenvalue weighted by Gasteiger charge is -2.13. The molecule has 0 amide bonds. The third-order valence-electron chi connectivity index (χ3n) is 4.46. The van der Waals surface area contributed by atoms with Crippen LogP contribution in [0.1, 0.15) is 46.5 Å². The molecule has 0 saturated carbocycles. The highest BCUT2D eigenvalue weighted by Crippen LogP contribution is 2.24. The Kier molecular flexibility index (Phi) is 9.45. The number of carbonyl (C=O) groups is 1. The first-order chi connectivity index (χ1) is 13.9. The second-order valence-electron chi connectivity index (χ2n) is 6.95. The highest BCUT2D eigenvalue weighted by molar-refractivity contribution is 7.99. The Morgan fingerprint density at radius 1 is 1.28 bits per heavy atom. The summed E-state index contributed by atoms with van der Waals surface area (Å²) in [5.41, 5.74) is 1.71. The zero-order chi connectivity index (χ0) is 21.3. The van der Waals surface area contributed by atoms with Crippen molar-refractivity contribution < 1.29 is 17.9 Å². The fourth-order valence-corrected chi connectivity index (χ4v) is 4.88. The maximum atomic E-state index is 12.3. The third kappa shape index (κ3) is 7.64. The number of esters is 1. The molecule has 162 valence electrons. The number of carbonyl (C=O) groups excluding carboxylic acids is 1. The minimum absolute atomic E-state index is 0.108. The number of benzene rings is 1. The SMILES string of the molecule is CCCCS(=O)(=O)NCCCSc1nc2ccccc2n1CC(=O)OC(C)CC. The van der Waals surface area contributed by atoms with E-state index in [0.29, 0.717) is 25.1 Å². The van der Waals surface area contributed by atoms with Crippen LogP contribution < -0.4 is 4.72 Å². The van der Waals surface area contributed by atoms with Crippen LogP contribution in [-0.4, -0.2) is 48.1 Å². The van der Waals surface area contributed by atoms with Crippen LogP contribution in [0, 0.1) is 0 Å². The number of sulfonamides is 1. The standard InChI is InChI=1S/C20H31N3O4S2/c1-4-6-14-29(25,26)21-12-9-13-28-20-22-17-10-7-8-11-18(17)23(20)15-19(24)27-16(3)5-2/h7-8,10-11,16,21H,4-6,9,12-15H2,1-3H3. The number of ether oxygens (including phenoxy) is 1. The fraction of sp³-hybridized carbons (Fsp3) is 0.600. The molecule has 0 aliphatic carbocycles. The molecule has 0 aliphatic rings. The van der Waals surface area contributed by atoms with Gasteiger partial charge in [0.15, 0.2) is 5.16 Å². The van der Waals surface area contributed by atoms with Crippen molar-refractivity contribution in [3.8, 4) is 0 Å². The van der Waals surface area contributed by atoms with Crippen molar-refractivity contribution in [3.63, 3.8) is 0 Å². The number of unbranched alkanes of at least 4 members (excludes halogenated alkanes) is 1. The van der Waals surface area contributed by atoms with E-state index in [1.807, 2.05) is 49.6 Å². The molecule has 2 rings (SSSR count). The number of thioether (sulfide) groups is 1. The average molecular weight is 442 g/mol. The summed E-state index contributed by atoms with van der Waals surface area (Å²) in [7, 11) is -3.19. The van der Waals surface area contributed by atoms with Crippen molar-refractivity contribution >= 4 is 38.8 Å². The van der Waals surface area contributed by atoms with Crippen molar-refractivity contribution in [2.75, 3.05) is 18.1 Å². The molecule has 0 bridgehead atoms. The van der Waals surface area contributed by atoms with E-state index in [0.717, 1.165) is 29.0 Å². The van der Waals surface area contributed by atoms with Crippen LogP contribution in [0.5, 0.6) is 0 Å². The van der Waals surface area contributed by atoms with E-state index >= 15 is 0 Å². The van der Waals surface area contributed by atoms with Gasteiger partial charge >= 0.3 is 5.97 Å². The summed E-state index contributed by atoms with van der Waals surface area (Å²) in [6, 6.07) is 7.68. The molecule has 29 heavy (non-hydrogen) atoms. The highest BCUT2D eigenvalue weighted by atomic mass is 32.2. The smallest absolute Gasteiger partial charge is 0.326 e. The number of rotatable bonds is 13. The van der Waals surface area contributed by atoms with Gasteiger partial charge in [0.25, 0.3) is 0 Å². The molecular weight excluding hydrogens is 410 g/mol. The van der Waals surface area contributed by atoms with Crippen molar-refractivity contribution in [2.45, 2.75) is 64.3 Å². The van der Waals surface area contributed by atoms with Crippen molar-refractivity contribution in [2.24, 2.45) is 0 Å². The van der Waals surface area contributed by atoms with Gasteiger partial charge in [-0.25, -0.2) is 18.1 Å². The van der Waals surface area contributed by atoms with Crippen LogP contribution in [0.15, 0.2) is 29.4 Å². The number of nitrogens with one attached hydrogen (secondary N) is 1. The molecule has 2 aromatic rings. The van der Waals surface area contributed by atoms with Gasteiger partial charge < -0.3 is 9.30 Å². The Balaban J connectivity index is 1.97. The summed E-state index contributed by atoms with van der Waals surface area (Å²) >= 11 is 1.52. The zero-order valence-corrected chi connectivity index (χ0v) is 19.0. The number of hydrogen-bond donors (Lipinski definition) is 1. The number of aromatic nitrogens is 2. The summed E-state index contributed by atoms with van der Waals surface area (Å²) in [5.74, 6) is 0.582. The molecular formula is C20H31N3O4S2. The second-order valence-corrected chi connectivity index (χ2v) is 9.94. The van der Waals surface area contributed by atoms with E-state index in [1.54, 1.807) is 0 Å². The molecule has 1 aromatic carbocycles. The van der Waals surface area contributed by atoms with Crippen LogP contribution in [0.4, 0.5) is 0 Å². The fourth-order valence-electron chi connectivity index (χ4n) is 2.66. The van der Waals surface area contributed by atoms with Crippen LogP contribution >= 0.6 is 11.8 Å². The number of nitrogens with zero attached hydrogens (tertiary/aromatic N) is 2. The summed E-state index contributed by atoms with van der Waals surface area (Å²) < 4.78 is 33.6. The lowest BCUT2D eigenvalue weighted by molar-refractivity contribution is -0.149. The van der Waals surface area contributed by atoms with E-state index in [2.05, 4.69) is 9.71 Å². The van der Waals surface area contributed by atoms with E-state index in [9.17, 15) is 13.2 Å². The lowest BCUT2D eigenvalue weighted by atomic mass is 10.3. The number of imidazole rings is 1. The number of fused-ring (bicyclic) bond motifs is 1. The van der Waals surface area contributed by atoms with E-state index < -0.39 is 10.0 Å². The van der Waals surface area contributed by atoms with Gasteiger partial charge in [0.2, 0.25) is 10.0 Å². The highest BCUT2D eigenvalue weighted by Gasteiger charge is 2.16. The molecule has 1 unspecified atom stereocenters. The normalized spacial score (nSPS) is 12.9. The monoisotopic (exact) mass is 441 g/mol. The molecule has 1 heterocycles. The summed E-state index contributed by atoms with van der Waals surface area (Å²) in [5, 5.41) is 0.737. The first-order valence-electron chi connectivity index (χ1n) is 10.1. The topological polar surface area (TPSA) is 90.3 Å². The maximum absolute atomic E-state index is 12.3. The van der Waals surface area contributed by atoms with Crippen molar-refractivity contribution in [1.29, 1.82) is 0 Å². The number of hydrogen-bond acceptors (Lipinski definition) is 6. The first kappa shape index (κ1) is 23.7. The van der Waals surface area contributed by atoms with Gasteiger partial charge in [0.1, 0.15) is 6.54 Å². The van der Waals surface area contributed by atoms with Crippen molar-refractivity contribution in [3.05, 3.63) is 24.3 Å². The summed E-state index contributed by atoms with van der Waals surface area (Å²) in [6.07, 6.45) is 2.85. The predicted molar refractivity (Wildman–Crippen MR) is 118 cm³/mol. The maximum Gasteiger partial charge on any atom is 0.326 e. The van der Waals surface area contributed by atoms with Gasteiger partial charge in [0, 0.05) is 12.3 Å². The van der Waals surface area contributed by atoms with Crippen molar-refractivity contribution in [1.82, 2.24) is 14.3 Å². The molecule has 1 aromatic heterocycles. The van der Waals surface area contributed by atoms with Gasteiger partial charge in [-0.1, -0.05) is 44.2 Å². The Labute approximate surface area is 177 Å². The van der Waals surface area contributed by atoms with Crippen LogP contribution in [0.2, 0.25) is 0 Å². The molecule has 0 aliphatic heterocycles. The molecule has 0 radical (unpaired) electrons. The predicted octanol–water partition coefficient (Wildman–Crippen LogP) is 3.58. The lowest BCUT2D eigenvalue weighted by Crippen LogP contribution is -2.27. The molecule has 1 atom stereocenters. The molecule has 0 saturated heterocycles. The summed E-state index contributed by atoms with van der Waals surface area (Å²) in [6.45, 7) is 6.33. The molecule has 0 fully saturated rings. The average Bonchev–Trinajstić information content (AvgIpc) is 3.03. The number of para-hydroxylation sites is 2. The van der Waals surface area contributed by atoms with Gasteiger partial charge in [-0.15, -0.1) is 0 Å². The Morgan fingerprint density at radius 2 is 2.03 bits per heavy atom. The molecule has 1 N–H and O–H groups in total. The van der Waals surface area contributed by atoms with Crippen LogP contribution in [0.25, 0.3) is 11.0 Å². The second kappa shape index (κ2) is 11.6. The van der Waals surface area contributed by atoms with Gasteiger partial charge in [-0.3, -0.25) is 4.79 Å². The van der Waals surface area contributed by atoms with Crippen LogP contribution in [-0.2, 0) is 26.1 Å². The molecule has 0 spiro atoms. The van der Waals surface area contributed by atoms with E-state index in [1.165, 1.54) is 11.8 Å². The minimum atomic E-state index is -3.19. The van der Waals surface area contributed by atoms with Crippen LogP contribution in [0.3, 0.4) is 0 Å². The Bertz CT molecular complexity index is 896. The van der Waals surface area contributed by atoms with Gasteiger partial charge in [-0.05, 0) is 38.3 Å². The first-order valence-corrected chi connectivity index (χ1v) is 12.7. The van der Waals surface area contributed by atoms with E-state index in [4.69, 9.17) is 4.74 Å². The van der Waals surface area contributed by atoms with Gasteiger partial charge in [-0.2, -0.15) is 0 Å². The zero-order valence-electron chi connectivity index (χ0n) is 17.4. The largest absolute Gasteiger partial charge is 0.461 e. The quantitative estimate of drug-likeness (QED) is 0.290.